The van der Waals surface area contributed by atoms with Gasteiger partial charge in [0.05, 0.1) is 5.56 Å². The summed E-state index contributed by atoms with van der Waals surface area (Å²) in [6.07, 6.45) is -2.39. The molecule has 8 heteroatoms. The van der Waals surface area contributed by atoms with Gasteiger partial charge in [-0.3, -0.25) is 4.79 Å². The van der Waals surface area contributed by atoms with E-state index in [1.807, 2.05) is 0 Å². The van der Waals surface area contributed by atoms with Crippen molar-refractivity contribution in [2.24, 2.45) is 5.41 Å². The summed E-state index contributed by atoms with van der Waals surface area (Å²) in [5.74, 6) is -0.0362. The van der Waals surface area contributed by atoms with Crippen LogP contribution in [0.25, 0.3) is 0 Å². The lowest BCUT2D eigenvalue weighted by Gasteiger charge is -2.34. The summed E-state index contributed by atoms with van der Waals surface area (Å²) in [5, 5.41) is 6.10. The third kappa shape index (κ3) is 6.20. The molecule has 0 spiro atoms. The van der Waals surface area contributed by atoms with Gasteiger partial charge in [-0.25, -0.2) is 0 Å². The van der Waals surface area contributed by atoms with Crippen LogP contribution in [-0.4, -0.2) is 32.1 Å². The first-order valence-electron chi connectivity index (χ1n) is 7.56. The maximum atomic E-state index is 12.4. The fraction of sp³-hybridized carbons (Fsp3) is 0.562. The Morgan fingerprint density at radius 1 is 1.25 bits per heavy atom. The number of hydrogen-bond acceptors (Lipinski definition) is 3. The van der Waals surface area contributed by atoms with Crippen LogP contribution in [-0.2, 0) is 11.0 Å². The quantitative estimate of drug-likeness (QED) is 0.842. The lowest BCUT2D eigenvalue weighted by molar-refractivity contribution is -0.137. The van der Waals surface area contributed by atoms with Crippen molar-refractivity contribution in [2.45, 2.75) is 25.9 Å². The zero-order valence-corrected chi connectivity index (χ0v) is 14.2. The smallest absolute Gasteiger partial charge is 0.416 e. The summed E-state index contributed by atoms with van der Waals surface area (Å²) in [4.78, 5) is 11.8. The first-order valence-corrected chi connectivity index (χ1v) is 7.56. The van der Waals surface area contributed by atoms with Crippen molar-refractivity contribution in [3.63, 3.8) is 0 Å². The number of rotatable bonds is 5. The number of nitrogens with one attached hydrogen (secondary N) is 2. The number of halogens is 4. The molecule has 0 atom stereocenters. The minimum absolute atomic E-state index is 0. The van der Waals surface area contributed by atoms with Gasteiger partial charge in [0.2, 0.25) is 0 Å². The van der Waals surface area contributed by atoms with Gasteiger partial charge in [0.25, 0.3) is 5.91 Å². The molecule has 1 saturated heterocycles. The van der Waals surface area contributed by atoms with E-state index >= 15 is 0 Å². The molecule has 1 heterocycles. The molecule has 1 fully saturated rings. The Balaban J connectivity index is 0.00000288. The van der Waals surface area contributed by atoms with Gasteiger partial charge in [0.15, 0.2) is 6.61 Å². The van der Waals surface area contributed by atoms with Crippen LogP contribution in [0.4, 0.5) is 13.2 Å². The molecule has 2 N–H and O–H groups in total. The Hall–Kier alpha value is -1.47. The first kappa shape index (κ1) is 20.6. The number of benzene rings is 1. The van der Waals surface area contributed by atoms with E-state index in [2.05, 4.69) is 17.6 Å². The first-order chi connectivity index (χ1) is 10.8. The van der Waals surface area contributed by atoms with E-state index in [4.69, 9.17) is 4.74 Å². The van der Waals surface area contributed by atoms with Crippen LogP contribution < -0.4 is 15.4 Å². The van der Waals surface area contributed by atoms with E-state index in [0.717, 1.165) is 38.1 Å². The molecule has 24 heavy (non-hydrogen) atoms. The Morgan fingerprint density at radius 2 is 1.83 bits per heavy atom. The number of piperidine rings is 1. The van der Waals surface area contributed by atoms with E-state index in [9.17, 15) is 18.0 Å². The fourth-order valence-corrected chi connectivity index (χ4v) is 2.46. The van der Waals surface area contributed by atoms with Gasteiger partial charge >= 0.3 is 6.18 Å². The van der Waals surface area contributed by atoms with Gasteiger partial charge in [-0.15, -0.1) is 12.4 Å². The number of alkyl halides is 3. The van der Waals surface area contributed by atoms with Crippen LogP contribution in [0.2, 0.25) is 0 Å². The lowest BCUT2D eigenvalue weighted by atomic mass is 9.81. The van der Waals surface area contributed by atoms with Gasteiger partial charge in [-0.1, -0.05) is 6.92 Å². The van der Waals surface area contributed by atoms with Gasteiger partial charge < -0.3 is 15.4 Å². The number of hydrogen-bond donors (Lipinski definition) is 2. The molecule has 2 rings (SSSR count). The molecule has 0 saturated carbocycles. The third-order valence-electron chi connectivity index (χ3n) is 4.07. The van der Waals surface area contributed by atoms with Crippen LogP contribution in [0.15, 0.2) is 24.3 Å². The molecule has 136 valence electrons. The predicted molar refractivity (Wildman–Crippen MR) is 87.4 cm³/mol. The fourth-order valence-electron chi connectivity index (χ4n) is 2.46. The second kappa shape index (κ2) is 8.58. The lowest BCUT2D eigenvalue weighted by Crippen LogP contribution is -2.43. The molecular weight excluding hydrogens is 345 g/mol. The Bertz CT molecular complexity index is 529. The average molecular weight is 367 g/mol. The predicted octanol–water partition coefficient (Wildman–Crippen LogP) is 3.01. The molecule has 0 aromatic heterocycles. The minimum Gasteiger partial charge on any atom is -0.484 e. The van der Waals surface area contributed by atoms with Crippen LogP contribution in [0.5, 0.6) is 5.75 Å². The highest BCUT2D eigenvalue weighted by Crippen LogP contribution is 2.30. The van der Waals surface area contributed by atoms with Crippen molar-refractivity contribution in [2.75, 3.05) is 26.2 Å². The molecule has 1 aliphatic rings. The minimum atomic E-state index is -4.37. The van der Waals surface area contributed by atoms with E-state index in [1.165, 1.54) is 12.1 Å². The third-order valence-corrected chi connectivity index (χ3v) is 4.07. The molecule has 0 bridgehead atoms. The van der Waals surface area contributed by atoms with Gasteiger partial charge in [-0.05, 0) is 55.6 Å². The van der Waals surface area contributed by atoms with E-state index in [-0.39, 0.29) is 36.1 Å². The van der Waals surface area contributed by atoms with Gasteiger partial charge in [-0.2, -0.15) is 13.2 Å². The molecule has 0 radical (unpaired) electrons. The highest BCUT2D eigenvalue weighted by Gasteiger charge is 2.30. The maximum Gasteiger partial charge on any atom is 0.416 e. The van der Waals surface area contributed by atoms with Crippen molar-refractivity contribution in [1.29, 1.82) is 0 Å². The highest BCUT2D eigenvalue weighted by molar-refractivity contribution is 5.85. The molecule has 0 aliphatic carbocycles. The maximum absolute atomic E-state index is 12.4. The van der Waals surface area contributed by atoms with Crippen LogP contribution in [0.3, 0.4) is 0 Å². The summed E-state index contributed by atoms with van der Waals surface area (Å²) in [6, 6.07) is 4.29. The average Bonchev–Trinajstić information content (AvgIpc) is 2.51. The molecule has 4 nitrogen and oxygen atoms in total. The van der Waals surface area contributed by atoms with Crippen LogP contribution in [0, 0.1) is 5.41 Å². The Labute approximate surface area is 145 Å². The van der Waals surface area contributed by atoms with Crippen molar-refractivity contribution >= 4 is 18.3 Å². The molecule has 0 unspecified atom stereocenters. The molecule has 1 aliphatic heterocycles. The Morgan fingerprint density at radius 3 is 2.38 bits per heavy atom. The second-order valence-electron chi connectivity index (χ2n) is 6.15. The molecule has 1 aromatic carbocycles. The Kier molecular flexibility index (Phi) is 7.35. The highest BCUT2D eigenvalue weighted by atomic mass is 35.5. The topological polar surface area (TPSA) is 50.4 Å². The number of ether oxygens (including phenoxy) is 1. The van der Waals surface area contributed by atoms with Crippen molar-refractivity contribution < 1.29 is 22.7 Å². The summed E-state index contributed by atoms with van der Waals surface area (Å²) >= 11 is 0. The van der Waals surface area contributed by atoms with Crippen molar-refractivity contribution in [3.8, 4) is 5.75 Å². The van der Waals surface area contributed by atoms with E-state index in [0.29, 0.717) is 6.54 Å². The van der Waals surface area contributed by atoms with E-state index in [1.54, 1.807) is 0 Å². The number of carbonyl (C=O) groups is 1. The summed E-state index contributed by atoms with van der Waals surface area (Å²) in [5.41, 5.74) is -0.664. The normalized spacial score (nSPS) is 16.8. The zero-order valence-electron chi connectivity index (χ0n) is 13.4. The zero-order chi connectivity index (χ0) is 16.9. The van der Waals surface area contributed by atoms with Crippen LogP contribution in [0.1, 0.15) is 25.3 Å². The summed E-state index contributed by atoms with van der Waals surface area (Å²) in [7, 11) is 0. The second-order valence-corrected chi connectivity index (χ2v) is 6.15. The molecule has 1 amide bonds. The standard InChI is InChI=1S/C16H21F3N2O2.ClH/c1-15(6-8-20-9-7-15)11-21-14(22)10-23-13-4-2-12(3-5-13)16(17,18)19;/h2-5,20H,6-11H2,1H3,(H,21,22);1H. The van der Waals surface area contributed by atoms with E-state index < -0.39 is 11.7 Å². The number of carbonyl (C=O) groups excluding carboxylic acids is 1. The van der Waals surface area contributed by atoms with Crippen molar-refractivity contribution in [1.82, 2.24) is 10.6 Å². The number of amides is 1. The summed E-state index contributed by atoms with van der Waals surface area (Å²) < 4.78 is 42.5. The molecular formula is C16H22ClF3N2O2. The van der Waals surface area contributed by atoms with Crippen molar-refractivity contribution in [3.05, 3.63) is 29.8 Å². The largest absolute Gasteiger partial charge is 0.484 e. The van der Waals surface area contributed by atoms with Gasteiger partial charge in [0, 0.05) is 6.54 Å². The monoisotopic (exact) mass is 366 g/mol. The van der Waals surface area contributed by atoms with Crippen LogP contribution >= 0.6 is 12.4 Å². The summed E-state index contributed by atoms with van der Waals surface area (Å²) in [6.45, 7) is 4.37. The molecule has 1 aromatic rings. The van der Waals surface area contributed by atoms with Gasteiger partial charge in [0.1, 0.15) is 5.75 Å². The SMILES string of the molecule is CC1(CNC(=O)COc2ccc(C(F)(F)F)cc2)CCNCC1.Cl.